The standard InChI is InChI=1S/C27H37NO8S.C26H34FNO5.C21H26FNO3/c1-27(2,3)36-26(29)28(4)24-12-8-22(9-13-24)6-7-23-10-14-25(15-11-23)34-20-18-32-16-17-33-19-21-35-37(5,30)31;1-26(2,3)33-25(29)28(4)23-11-7-21(8-12-23)5-6-22-9-13-24(14-10-22)32-20-19-31-18-17-30-16-15-27;1-23-20-8-4-18(5-9-20)2-3-19-6-10-21(11-7-19)26-17-16-25-15-14-24-13-12-22/h6-15H,16-21H2,1-5H3;5-14H,15-20H2,1-4H3;2-11,23H,12-17H2,1H3/b7-6+;6-5+;3-2+/i;27-1;22-1. The number of carbonyl (C=O) groups is 2. The summed E-state index contributed by atoms with van der Waals surface area (Å²) in [6.07, 6.45) is 12.4. The molecule has 19 nitrogen and oxygen atoms in total. The van der Waals surface area contributed by atoms with Crippen LogP contribution in [0, 0.1) is 0 Å². The van der Waals surface area contributed by atoms with Crippen LogP contribution in [0.5, 0.6) is 17.2 Å². The Hall–Kier alpha value is -8.19. The first kappa shape index (κ1) is 80.2. The molecular weight excluding hydrogens is 1250 g/mol. The molecule has 0 aliphatic rings. The second kappa shape index (κ2) is 45.3. The number of hydrogen-bond acceptors (Lipinski definition) is 17. The molecule has 0 aromatic heterocycles. The lowest BCUT2D eigenvalue weighted by Gasteiger charge is -2.24. The Balaban J connectivity index is 0.000000311. The maximum atomic E-state index is 12.2. The molecule has 96 heavy (non-hydrogen) atoms. The number of halogens is 2. The second-order valence-corrected chi connectivity index (χ2v) is 24.6. The fraction of sp³-hybridized carbons (Fsp3) is 0.405. The van der Waals surface area contributed by atoms with Crippen LogP contribution in [0.25, 0.3) is 36.5 Å². The molecule has 6 rings (SSSR count). The molecule has 0 aliphatic heterocycles. The molecule has 0 unspecified atom stereocenters. The normalized spacial score (nSPS) is 11.6. The van der Waals surface area contributed by atoms with Gasteiger partial charge in [0.25, 0.3) is 10.1 Å². The lowest BCUT2D eigenvalue weighted by atomic mass is 10.1. The summed E-state index contributed by atoms with van der Waals surface area (Å²) in [6.45, 7) is 15.5. The number of rotatable bonds is 38. The van der Waals surface area contributed by atoms with Crippen LogP contribution in [0.3, 0.4) is 0 Å². The molecule has 0 radical (unpaired) electrons. The third-order valence-electron chi connectivity index (χ3n) is 12.7. The maximum Gasteiger partial charge on any atom is 0.414 e. The van der Waals surface area contributed by atoms with Crippen molar-refractivity contribution in [2.75, 3.05) is 162 Å². The average Bonchev–Trinajstić information content (AvgIpc) is 1.17. The Morgan fingerprint density at radius 2 is 0.625 bits per heavy atom. The summed E-state index contributed by atoms with van der Waals surface area (Å²) in [5.74, 6) is 2.31. The van der Waals surface area contributed by atoms with Gasteiger partial charge in [0, 0.05) is 38.2 Å². The number of carbonyl (C=O) groups excluding carboxylic acids is 2. The summed E-state index contributed by atoms with van der Waals surface area (Å²) in [6, 6.07) is 46.9. The first-order chi connectivity index (χ1) is 46.0. The summed E-state index contributed by atoms with van der Waals surface area (Å²) in [5, 5.41) is 3.10. The Kier molecular flexibility index (Phi) is 37.9. The van der Waals surface area contributed by atoms with Crippen molar-refractivity contribution >= 4 is 75.8 Å². The van der Waals surface area contributed by atoms with E-state index in [1.54, 1.807) is 14.1 Å². The average molecular weight is 1350 g/mol. The second-order valence-electron chi connectivity index (χ2n) is 23.0. The molecule has 0 saturated carbocycles. The van der Waals surface area contributed by atoms with Gasteiger partial charge in [-0.2, -0.15) is 8.42 Å². The predicted octanol–water partition coefficient (Wildman–Crippen LogP) is 14.5. The van der Waals surface area contributed by atoms with Crippen molar-refractivity contribution in [2.45, 2.75) is 52.7 Å². The zero-order chi connectivity index (χ0) is 69.9. The quantitative estimate of drug-likeness (QED) is 0.0218. The van der Waals surface area contributed by atoms with Gasteiger partial charge >= 0.3 is 12.2 Å². The fourth-order valence-electron chi connectivity index (χ4n) is 7.83. The van der Waals surface area contributed by atoms with Crippen molar-refractivity contribution in [3.63, 3.8) is 0 Å². The number of amides is 2. The zero-order valence-corrected chi connectivity index (χ0v) is 58.0. The number of hydrogen-bond donors (Lipinski definition) is 1. The van der Waals surface area contributed by atoms with Crippen LogP contribution in [0.2, 0.25) is 0 Å². The van der Waals surface area contributed by atoms with Crippen LogP contribution in [0.1, 0.15) is 74.9 Å². The van der Waals surface area contributed by atoms with E-state index in [1.807, 2.05) is 206 Å². The van der Waals surface area contributed by atoms with Gasteiger partial charge in [0.2, 0.25) is 0 Å². The van der Waals surface area contributed by atoms with Crippen LogP contribution in [-0.4, -0.2) is 178 Å². The van der Waals surface area contributed by atoms with Gasteiger partial charge in [-0.15, -0.1) is 0 Å². The molecule has 22 heteroatoms. The highest BCUT2D eigenvalue weighted by Crippen LogP contribution is 2.23. The molecule has 0 fully saturated rings. The summed E-state index contributed by atoms with van der Waals surface area (Å²) in [7, 11) is 1.86. The molecule has 0 aliphatic carbocycles. The van der Waals surface area contributed by atoms with E-state index in [9.17, 15) is 26.8 Å². The Morgan fingerprint density at radius 3 is 0.875 bits per heavy atom. The highest BCUT2D eigenvalue weighted by Gasteiger charge is 2.22. The topological polar surface area (TPSA) is 198 Å². The van der Waals surface area contributed by atoms with Crippen molar-refractivity contribution in [3.8, 4) is 17.2 Å². The van der Waals surface area contributed by atoms with Crippen LogP contribution >= 0.6 is 0 Å². The van der Waals surface area contributed by atoms with E-state index in [4.69, 9.17) is 52.1 Å². The predicted molar refractivity (Wildman–Crippen MR) is 378 cm³/mol. The van der Waals surface area contributed by atoms with Crippen molar-refractivity contribution in [1.29, 1.82) is 0 Å². The minimum absolute atomic E-state index is 0.00709. The van der Waals surface area contributed by atoms with Gasteiger partial charge in [0.05, 0.1) is 92.1 Å². The molecule has 2 amide bonds. The van der Waals surface area contributed by atoms with Crippen molar-refractivity contribution in [3.05, 3.63) is 179 Å². The number of nitrogens with one attached hydrogen (secondary N) is 1. The van der Waals surface area contributed by atoms with Crippen LogP contribution in [0.15, 0.2) is 146 Å². The lowest BCUT2D eigenvalue weighted by molar-refractivity contribution is 0.0280. The van der Waals surface area contributed by atoms with Crippen molar-refractivity contribution in [2.24, 2.45) is 0 Å². The van der Waals surface area contributed by atoms with Crippen LogP contribution in [0.4, 0.5) is 35.4 Å². The number of anilines is 3. The van der Waals surface area contributed by atoms with E-state index in [0.29, 0.717) is 79.3 Å². The third kappa shape index (κ3) is 37.2. The summed E-state index contributed by atoms with van der Waals surface area (Å²) < 4.78 is 109. The van der Waals surface area contributed by atoms with E-state index >= 15 is 0 Å². The van der Waals surface area contributed by atoms with E-state index in [2.05, 4.69) is 33.8 Å². The van der Waals surface area contributed by atoms with Crippen molar-refractivity contribution < 1.29 is 83.1 Å². The number of nitrogens with zero attached hydrogens (tertiary/aromatic N) is 2. The molecular formula is C74H97F2N3O16S. The largest absolute Gasteiger partial charge is 0.491 e. The van der Waals surface area contributed by atoms with Gasteiger partial charge in [-0.05, 0) is 148 Å². The molecule has 0 spiro atoms. The van der Waals surface area contributed by atoms with E-state index in [0.717, 1.165) is 73.9 Å². The number of ether oxygens (including phenoxy) is 11. The number of alkyl halides is 2. The Bertz CT molecular complexity index is 3290. The molecule has 6 aromatic rings. The first-order valence-electron chi connectivity index (χ1n) is 31.6. The molecule has 0 saturated heterocycles. The lowest BCUT2D eigenvalue weighted by Crippen LogP contribution is -2.34. The summed E-state index contributed by atoms with van der Waals surface area (Å²) >= 11 is 0. The SMILES string of the molecule is CN(C(=O)OC(C)(C)C)c1ccc(/C=C/c2ccc(OCCOCCOCCOS(C)(=O)=O)cc2)cc1.CN(C(=O)OC(C)(C)C)c1ccc(/C=C/c2ccc(OCCOCCOCC[18F])cc2)cc1.CNc1ccc(/C=C/c2ccc(OCCOCCOCC[18F])cc2)cc1. The highest BCUT2D eigenvalue weighted by atomic mass is 32.2. The summed E-state index contributed by atoms with van der Waals surface area (Å²) in [4.78, 5) is 27.4. The minimum Gasteiger partial charge on any atom is -0.491 e. The molecule has 1 N–H and O–H groups in total. The third-order valence-corrected chi connectivity index (χ3v) is 13.3. The van der Waals surface area contributed by atoms with Crippen molar-refractivity contribution in [1.82, 2.24) is 0 Å². The zero-order valence-electron chi connectivity index (χ0n) is 57.1. The molecule has 0 heterocycles. The molecule has 6 aromatic carbocycles. The van der Waals surface area contributed by atoms with Gasteiger partial charge in [-0.3, -0.25) is 14.0 Å². The van der Waals surface area contributed by atoms with E-state index < -0.39 is 40.8 Å². The monoisotopic (exact) mass is 1350 g/mol. The fourth-order valence-corrected chi connectivity index (χ4v) is 8.20. The van der Waals surface area contributed by atoms with Crippen LogP contribution in [-0.2, 0) is 52.2 Å². The number of benzene rings is 6. The van der Waals surface area contributed by atoms with E-state index in [1.165, 1.54) is 9.80 Å². The molecule has 524 valence electrons. The Labute approximate surface area is 566 Å². The maximum absolute atomic E-state index is 12.2. The molecule has 0 bridgehead atoms. The first-order valence-corrected chi connectivity index (χ1v) is 33.4. The van der Waals surface area contributed by atoms with Gasteiger partial charge < -0.3 is 57.4 Å². The van der Waals surface area contributed by atoms with Gasteiger partial charge in [0.1, 0.15) is 61.6 Å². The minimum atomic E-state index is -3.43. The summed E-state index contributed by atoms with van der Waals surface area (Å²) in [5.41, 5.74) is 7.88. The Morgan fingerprint density at radius 1 is 0.385 bits per heavy atom. The smallest absolute Gasteiger partial charge is 0.414 e. The highest BCUT2D eigenvalue weighted by molar-refractivity contribution is 7.86. The van der Waals surface area contributed by atoms with Gasteiger partial charge in [-0.25, -0.2) is 18.4 Å². The van der Waals surface area contributed by atoms with Crippen LogP contribution < -0.4 is 29.3 Å². The van der Waals surface area contributed by atoms with E-state index in [-0.39, 0.29) is 32.5 Å². The van der Waals surface area contributed by atoms with Gasteiger partial charge in [-0.1, -0.05) is 109 Å². The van der Waals surface area contributed by atoms with Gasteiger partial charge in [0.15, 0.2) is 0 Å². The molecule has 0 atom stereocenters.